The van der Waals surface area contributed by atoms with Gasteiger partial charge in [0.15, 0.2) is 0 Å². The number of aliphatic carboxylic acids is 2. The van der Waals surface area contributed by atoms with Crippen LogP contribution in [0.1, 0.15) is 37.8 Å². The molecular formula is C23H29BrN2O6. The van der Waals surface area contributed by atoms with E-state index in [0.29, 0.717) is 12.8 Å². The molecule has 0 aliphatic rings. The van der Waals surface area contributed by atoms with Gasteiger partial charge in [0.05, 0.1) is 12.8 Å². The van der Waals surface area contributed by atoms with Gasteiger partial charge in [0.2, 0.25) is 5.91 Å². The predicted molar refractivity (Wildman–Crippen MR) is 126 cm³/mol. The van der Waals surface area contributed by atoms with Gasteiger partial charge in [-0.1, -0.05) is 90.4 Å². The summed E-state index contributed by atoms with van der Waals surface area (Å²) in [5.41, 5.74) is 6.49. The first-order valence-corrected chi connectivity index (χ1v) is 10.6. The van der Waals surface area contributed by atoms with Crippen LogP contribution in [-0.4, -0.2) is 38.4 Å². The van der Waals surface area contributed by atoms with E-state index in [1.54, 1.807) is 24.3 Å². The van der Waals surface area contributed by atoms with Crippen LogP contribution in [0.4, 0.5) is 4.79 Å². The first kappa shape index (κ1) is 28.8. The highest BCUT2D eigenvalue weighted by Gasteiger charge is 2.32. The molecule has 2 aromatic rings. The van der Waals surface area contributed by atoms with Crippen molar-refractivity contribution in [2.45, 2.75) is 43.9 Å². The van der Waals surface area contributed by atoms with Gasteiger partial charge in [-0.2, -0.15) is 0 Å². The maximum absolute atomic E-state index is 11.3. The second-order valence-electron chi connectivity index (χ2n) is 6.60. The van der Waals surface area contributed by atoms with Crippen molar-refractivity contribution in [1.82, 2.24) is 5.32 Å². The van der Waals surface area contributed by atoms with E-state index in [1.807, 2.05) is 55.6 Å². The van der Waals surface area contributed by atoms with E-state index in [0.717, 1.165) is 11.1 Å². The number of primary amides is 1. The fraction of sp³-hybridized carbons (Fsp3) is 0.304. The summed E-state index contributed by atoms with van der Waals surface area (Å²) < 4.78 is -0.665. The fourth-order valence-corrected chi connectivity index (χ4v) is 2.44. The molecular weight excluding hydrogens is 480 g/mol. The summed E-state index contributed by atoms with van der Waals surface area (Å²) in [5.74, 6) is -1.95. The van der Waals surface area contributed by atoms with E-state index in [1.165, 1.54) is 0 Å². The van der Waals surface area contributed by atoms with Crippen LogP contribution in [0, 0.1) is 0 Å². The highest BCUT2D eigenvalue weighted by Crippen LogP contribution is 2.26. The van der Waals surface area contributed by atoms with Crippen molar-refractivity contribution >= 4 is 39.8 Å². The lowest BCUT2D eigenvalue weighted by molar-refractivity contribution is -0.137. The number of hydrogen-bond donors (Lipinski definition) is 4. The Morgan fingerprint density at radius 2 is 1.16 bits per heavy atom. The Morgan fingerprint density at radius 3 is 1.41 bits per heavy atom. The number of benzene rings is 2. The summed E-state index contributed by atoms with van der Waals surface area (Å²) in [5, 5.41) is 18.8. The molecule has 2 rings (SSSR count). The number of alkyl halides is 1. The summed E-state index contributed by atoms with van der Waals surface area (Å²) in [6, 6.07) is 17.4. The molecule has 0 saturated carbocycles. The monoisotopic (exact) mass is 508 g/mol. The molecule has 0 atom stereocenters. The summed E-state index contributed by atoms with van der Waals surface area (Å²) in [6.45, 7) is 3.72. The maximum Gasteiger partial charge on any atom is 0.318 e. The zero-order chi connectivity index (χ0) is 24.6. The Hall–Kier alpha value is -3.20. The molecule has 0 aliphatic carbocycles. The molecule has 32 heavy (non-hydrogen) atoms. The Morgan fingerprint density at radius 1 is 0.812 bits per heavy atom. The van der Waals surface area contributed by atoms with E-state index in [-0.39, 0.29) is 18.7 Å². The standard InChI is InChI=1S/2C8H8O2.C7H13BrN2O2/c2*9-8(10)6-7-4-2-1-3-5-7;1-3-7(8,4-2)5(11)10-6(9)12/h2*1-5H,6H2,(H,9,10);3-4H2,1-2H3,(H3,9,10,11,12). The molecule has 3 amide bonds. The normalized spacial score (nSPS) is 9.84. The average Bonchev–Trinajstić information content (AvgIpc) is 2.74. The number of carbonyl (C=O) groups excluding carboxylic acids is 2. The van der Waals surface area contributed by atoms with Crippen LogP contribution in [0.3, 0.4) is 0 Å². The zero-order valence-corrected chi connectivity index (χ0v) is 19.7. The molecule has 0 aliphatic heterocycles. The number of nitrogens with two attached hydrogens (primary N) is 1. The van der Waals surface area contributed by atoms with Crippen molar-refractivity contribution in [2.75, 3.05) is 0 Å². The molecule has 0 saturated heterocycles. The second kappa shape index (κ2) is 15.6. The molecule has 2 aromatic carbocycles. The molecule has 0 heterocycles. The molecule has 0 spiro atoms. The zero-order valence-electron chi connectivity index (χ0n) is 18.1. The minimum absolute atomic E-state index is 0.112. The third-order valence-electron chi connectivity index (χ3n) is 4.16. The molecule has 5 N–H and O–H groups in total. The SMILES string of the molecule is CCC(Br)(CC)C(=O)NC(N)=O.O=C(O)Cc1ccccc1.O=C(O)Cc1ccccc1. The highest BCUT2D eigenvalue weighted by molar-refractivity contribution is 9.10. The smallest absolute Gasteiger partial charge is 0.318 e. The van der Waals surface area contributed by atoms with Gasteiger partial charge in [-0.15, -0.1) is 0 Å². The minimum Gasteiger partial charge on any atom is -0.481 e. The van der Waals surface area contributed by atoms with Crippen LogP contribution in [0.25, 0.3) is 0 Å². The predicted octanol–water partition coefficient (Wildman–Crippen LogP) is 3.76. The van der Waals surface area contributed by atoms with Crippen molar-refractivity contribution in [3.63, 3.8) is 0 Å². The van der Waals surface area contributed by atoms with E-state index in [4.69, 9.17) is 15.9 Å². The third-order valence-corrected chi connectivity index (χ3v) is 5.64. The number of nitrogens with one attached hydrogen (secondary N) is 1. The quantitative estimate of drug-likeness (QED) is 0.418. The van der Waals surface area contributed by atoms with Crippen molar-refractivity contribution < 1.29 is 29.4 Å². The summed E-state index contributed by atoms with van der Waals surface area (Å²) in [4.78, 5) is 42.0. The lowest BCUT2D eigenvalue weighted by atomic mass is 10.0. The topological polar surface area (TPSA) is 147 Å². The largest absolute Gasteiger partial charge is 0.481 e. The van der Waals surface area contributed by atoms with Gasteiger partial charge in [-0.25, -0.2) is 4.79 Å². The molecule has 0 aromatic heterocycles. The average molecular weight is 509 g/mol. The van der Waals surface area contributed by atoms with Crippen LogP contribution in [0.2, 0.25) is 0 Å². The van der Waals surface area contributed by atoms with E-state index < -0.39 is 22.3 Å². The van der Waals surface area contributed by atoms with Gasteiger partial charge < -0.3 is 15.9 Å². The van der Waals surface area contributed by atoms with Gasteiger partial charge >= 0.3 is 18.0 Å². The number of halogens is 1. The van der Waals surface area contributed by atoms with Gasteiger partial charge in [0, 0.05) is 0 Å². The third kappa shape index (κ3) is 13.2. The van der Waals surface area contributed by atoms with E-state index >= 15 is 0 Å². The van der Waals surface area contributed by atoms with Gasteiger partial charge in [-0.3, -0.25) is 19.7 Å². The number of carboxylic acids is 2. The molecule has 9 heteroatoms. The van der Waals surface area contributed by atoms with Crippen molar-refractivity contribution in [3.05, 3.63) is 71.8 Å². The summed E-state index contributed by atoms with van der Waals surface area (Å²) in [7, 11) is 0. The number of rotatable bonds is 7. The Labute approximate surface area is 196 Å². The molecule has 0 fully saturated rings. The highest BCUT2D eigenvalue weighted by atomic mass is 79.9. The molecule has 0 bridgehead atoms. The van der Waals surface area contributed by atoms with Crippen LogP contribution < -0.4 is 11.1 Å². The minimum atomic E-state index is -0.814. The van der Waals surface area contributed by atoms with Crippen molar-refractivity contribution in [1.29, 1.82) is 0 Å². The lowest BCUT2D eigenvalue weighted by Gasteiger charge is -2.21. The first-order chi connectivity index (χ1) is 15.0. The second-order valence-corrected chi connectivity index (χ2v) is 8.12. The van der Waals surface area contributed by atoms with Crippen LogP contribution in [0.5, 0.6) is 0 Å². The van der Waals surface area contributed by atoms with E-state index in [2.05, 4.69) is 15.9 Å². The van der Waals surface area contributed by atoms with Gasteiger partial charge in [0.25, 0.3) is 0 Å². The lowest BCUT2D eigenvalue weighted by Crippen LogP contribution is -2.46. The number of urea groups is 1. The molecule has 174 valence electrons. The van der Waals surface area contributed by atoms with Gasteiger partial charge in [0.1, 0.15) is 4.32 Å². The van der Waals surface area contributed by atoms with Crippen LogP contribution in [0.15, 0.2) is 60.7 Å². The maximum atomic E-state index is 11.3. The number of carbonyl (C=O) groups is 4. The summed E-state index contributed by atoms with van der Waals surface area (Å²) in [6.07, 6.45) is 1.45. The Bertz CT molecular complexity index is 804. The first-order valence-electron chi connectivity index (χ1n) is 9.85. The molecule has 0 radical (unpaired) electrons. The van der Waals surface area contributed by atoms with Crippen molar-refractivity contribution in [3.8, 4) is 0 Å². The van der Waals surface area contributed by atoms with Crippen molar-refractivity contribution in [2.24, 2.45) is 5.73 Å². The number of amides is 3. The summed E-state index contributed by atoms with van der Waals surface area (Å²) >= 11 is 3.26. The Kier molecular flexibility index (Phi) is 14.0. The molecule has 0 unspecified atom stereocenters. The Balaban J connectivity index is 0.000000452. The number of imide groups is 1. The van der Waals surface area contributed by atoms with Gasteiger partial charge in [-0.05, 0) is 24.0 Å². The fourth-order valence-electron chi connectivity index (χ4n) is 2.34. The molecule has 8 nitrogen and oxygen atoms in total. The van der Waals surface area contributed by atoms with E-state index in [9.17, 15) is 19.2 Å². The number of carboxylic acid groups (broad SMARTS) is 2. The number of hydrogen-bond acceptors (Lipinski definition) is 4. The van der Waals surface area contributed by atoms with Crippen LogP contribution in [-0.2, 0) is 27.2 Å². The van der Waals surface area contributed by atoms with Crippen LogP contribution >= 0.6 is 15.9 Å².